The Morgan fingerprint density at radius 1 is 0.833 bits per heavy atom. The molecule has 0 aliphatic carbocycles. The summed E-state index contributed by atoms with van der Waals surface area (Å²) in [5.41, 5.74) is 1.64. The first kappa shape index (κ1) is 19.5. The first-order valence-corrected chi connectivity index (χ1v) is 9.46. The zero-order chi connectivity index (χ0) is 20.9. The van der Waals surface area contributed by atoms with Crippen LogP contribution in [0.2, 0.25) is 0 Å². The molecule has 3 aromatic rings. The zero-order valence-electron chi connectivity index (χ0n) is 15.6. The Morgan fingerprint density at radius 2 is 1.53 bits per heavy atom. The number of anilines is 2. The Morgan fingerprint density at radius 3 is 2.23 bits per heavy atom. The zero-order valence-corrected chi connectivity index (χ0v) is 16.5. The Hall–Kier alpha value is -3.85. The number of rotatable bonds is 4. The van der Waals surface area contributed by atoms with Crippen LogP contribution in [0.5, 0.6) is 11.5 Å². The highest BCUT2D eigenvalue weighted by molar-refractivity contribution is 7.80. The standard InChI is InChI=1S/C21H17N3O5S/c25-19(13-3-8-16-18(12-13)29-11-10-28-16)24-21(30)23-15-6-4-14(5-7-15)22-20(26)17-2-1-9-27-17/h1-9,12H,10-11H2,(H,22,26)(H2,23,24,25,30). The maximum Gasteiger partial charge on any atom is 0.291 e. The quantitative estimate of drug-likeness (QED) is 0.553. The van der Waals surface area contributed by atoms with Crippen molar-refractivity contribution in [3.05, 3.63) is 72.2 Å². The average molecular weight is 423 g/mol. The van der Waals surface area contributed by atoms with E-state index < -0.39 is 0 Å². The summed E-state index contributed by atoms with van der Waals surface area (Å²) in [4.78, 5) is 24.4. The molecule has 1 aromatic heterocycles. The molecule has 8 nitrogen and oxygen atoms in total. The number of amides is 2. The SMILES string of the molecule is O=C(NC(=S)Nc1ccc(NC(=O)c2ccco2)cc1)c1ccc2c(c1)OCCO2. The average Bonchev–Trinajstić information content (AvgIpc) is 3.30. The lowest BCUT2D eigenvalue weighted by molar-refractivity contribution is 0.0973. The van der Waals surface area contributed by atoms with Crippen molar-refractivity contribution in [2.45, 2.75) is 0 Å². The molecule has 0 bridgehead atoms. The van der Waals surface area contributed by atoms with Crippen molar-refractivity contribution < 1.29 is 23.5 Å². The number of fused-ring (bicyclic) bond motifs is 1. The number of hydrogen-bond donors (Lipinski definition) is 3. The molecule has 0 radical (unpaired) electrons. The Labute approximate surface area is 177 Å². The fraction of sp³-hybridized carbons (Fsp3) is 0.0952. The van der Waals surface area contributed by atoms with E-state index in [1.807, 2.05) is 0 Å². The van der Waals surface area contributed by atoms with Crippen molar-refractivity contribution in [3.8, 4) is 11.5 Å². The first-order chi connectivity index (χ1) is 14.6. The smallest absolute Gasteiger partial charge is 0.291 e. The third-order valence-corrected chi connectivity index (χ3v) is 4.38. The number of carbonyl (C=O) groups excluding carboxylic acids is 2. The molecule has 2 aromatic carbocycles. The van der Waals surface area contributed by atoms with Crippen LogP contribution < -0.4 is 25.4 Å². The van der Waals surface area contributed by atoms with E-state index in [1.165, 1.54) is 6.26 Å². The fourth-order valence-electron chi connectivity index (χ4n) is 2.76. The number of nitrogens with one attached hydrogen (secondary N) is 3. The number of carbonyl (C=O) groups is 2. The Bertz CT molecular complexity index is 1080. The van der Waals surface area contributed by atoms with E-state index in [2.05, 4.69) is 16.0 Å². The molecule has 9 heteroatoms. The number of benzene rings is 2. The maximum absolute atomic E-state index is 12.4. The van der Waals surface area contributed by atoms with Crippen LogP contribution in [0.25, 0.3) is 0 Å². The van der Waals surface area contributed by atoms with Crippen molar-refractivity contribution in [1.29, 1.82) is 0 Å². The maximum atomic E-state index is 12.4. The van der Waals surface area contributed by atoms with Crippen molar-refractivity contribution in [3.63, 3.8) is 0 Å². The molecule has 2 amide bonds. The van der Waals surface area contributed by atoms with Gasteiger partial charge in [0.1, 0.15) is 13.2 Å². The minimum absolute atomic E-state index is 0.141. The van der Waals surface area contributed by atoms with E-state index in [0.717, 1.165) is 0 Å². The molecule has 0 spiro atoms. The third kappa shape index (κ3) is 4.58. The molecule has 152 valence electrons. The molecule has 1 aliphatic rings. The fourth-order valence-corrected chi connectivity index (χ4v) is 2.97. The lowest BCUT2D eigenvalue weighted by atomic mass is 10.2. The van der Waals surface area contributed by atoms with Gasteiger partial charge in [-0.1, -0.05) is 0 Å². The van der Waals surface area contributed by atoms with Gasteiger partial charge in [-0.05, 0) is 66.8 Å². The highest BCUT2D eigenvalue weighted by atomic mass is 32.1. The second-order valence-electron chi connectivity index (χ2n) is 6.28. The lowest BCUT2D eigenvalue weighted by Gasteiger charge is -2.18. The minimum atomic E-state index is -0.369. The molecule has 0 fully saturated rings. The van der Waals surface area contributed by atoms with Crippen molar-refractivity contribution in [2.75, 3.05) is 23.8 Å². The Balaban J connectivity index is 1.32. The normalized spacial score (nSPS) is 12.0. The summed E-state index contributed by atoms with van der Waals surface area (Å²) in [6.45, 7) is 0.924. The van der Waals surface area contributed by atoms with E-state index in [0.29, 0.717) is 41.7 Å². The highest BCUT2D eigenvalue weighted by Gasteiger charge is 2.16. The molecule has 2 heterocycles. The molecular formula is C21H17N3O5S. The van der Waals surface area contributed by atoms with Gasteiger partial charge in [-0.25, -0.2) is 0 Å². The summed E-state index contributed by atoms with van der Waals surface area (Å²) in [6, 6.07) is 15.0. The van der Waals surface area contributed by atoms with Crippen LogP contribution in [-0.2, 0) is 0 Å². The van der Waals surface area contributed by atoms with Crippen LogP contribution in [0.15, 0.2) is 65.3 Å². The van der Waals surface area contributed by atoms with Crippen LogP contribution in [0.1, 0.15) is 20.9 Å². The highest BCUT2D eigenvalue weighted by Crippen LogP contribution is 2.30. The van der Waals surface area contributed by atoms with Crippen LogP contribution in [-0.4, -0.2) is 30.1 Å². The van der Waals surface area contributed by atoms with Gasteiger partial charge in [0.15, 0.2) is 22.4 Å². The second kappa shape index (κ2) is 8.66. The largest absolute Gasteiger partial charge is 0.486 e. The number of hydrogen-bond acceptors (Lipinski definition) is 6. The van der Waals surface area contributed by atoms with Gasteiger partial charge in [0.2, 0.25) is 0 Å². The molecule has 3 N–H and O–H groups in total. The molecule has 4 rings (SSSR count). The van der Waals surface area contributed by atoms with Gasteiger partial charge in [-0.3, -0.25) is 14.9 Å². The van der Waals surface area contributed by atoms with E-state index in [-0.39, 0.29) is 22.7 Å². The molecular weight excluding hydrogens is 406 g/mol. The van der Waals surface area contributed by atoms with E-state index in [4.69, 9.17) is 26.1 Å². The third-order valence-electron chi connectivity index (χ3n) is 4.18. The summed E-state index contributed by atoms with van der Waals surface area (Å²) in [6.07, 6.45) is 1.43. The van der Waals surface area contributed by atoms with Gasteiger partial charge in [0, 0.05) is 16.9 Å². The minimum Gasteiger partial charge on any atom is -0.486 e. The predicted octanol–water partition coefficient (Wildman–Crippen LogP) is 3.43. The first-order valence-electron chi connectivity index (χ1n) is 9.05. The van der Waals surface area contributed by atoms with Crippen molar-refractivity contribution in [2.24, 2.45) is 0 Å². The van der Waals surface area contributed by atoms with E-state index in [1.54, 1.807) is 54.6 Å². The summed E-state index contributed by atoms with van der Waals surface area (Å²) in [5.74, 6) is 0.646. The lowest BCUT2D eigenvalue weighted by Crippen LogP contribution is -2.34. The summed E-state index contributed by atoms with van der Waals surface area (Å²) < 4.78 is 16.0. The van der Waals surface area contributed by atoms with E-state index in [9.17, 15) is 9.59 Å². The molecule has 1 aliphatic heterocycles. The number of furan rings is 1. The molecule has 0 atom stereocenters. The van der Waals surface area contributed by atoms with Gasteiger partial charge >= 0.3 is 0 Å². The van der Waals surface area contributed by atoms with Gasteiger partial charge in [0.05, 0.1) is 6.26 Å². The van der Waals surface area contributed by atoms with Crippen LogP contribution in [0, 0.1) is 0 Å². The predicted molar refractivity (Wildman–Crippen MR) is 114 cm³/mol. The van der Waals surface area contributed by atoms with Crippen molar-refractivity contribution >= 4 is 40.5 Å². The summed E-state index contributed by atoms with van der Waals surface area (Å²) in [5, 5.41) is 8.40. The summed E-state index contributed by atoms with van der Waals surface area (Å²) in [7, 11) is 0. The number of ether oxygens (including phenoxy) is 2. The molecule has 30 heavy (non-hydrogen) atoms. The monoisotopic (exact) mass is 423 g/mol. The van der Waals surface area contributed by atoms with Gasteiger partial charge in [0.25, 0.3) is 11.8 Å². The van der Waals surface area contributed by atoms with Crippen LogP contribution in [0.3, 0.4) is 0 Å². The summed E-state index contributed by atoms with van der Waals surface area (Å²) >= 11 is 5.21. The topological polar surface area (TPSA) is 102 Å². The molecule has 0 unspecified atom stereocenters. The Kier molecular flexibility index (Phi) is 5.62. The molecule has 0 saturated carbocycles. The number of thiocarbonyl (C=S) groups is 1. The van der Waals surface area contributed by atoms with Crippen molar-refractivity contribution in [1.82, 2.24) is 5.32 Å². The second-order valence-corrected chi connectivity index (χ2v) is 6.68. The van der Waals surface area contributed by atoms with Crippen LogP contribution in [0.4, 0.5) is 11.4 Å². The van der Waals surface area contributed by atoms with Gasteiger partial charge in [-0.15, -0.1) is 0 Å². The molecule has 0 saturated heterocycles. The van der Waals surface area contributed by atoms with Gasteiger partial charge in [-0.2, -0.15) is 0 Å². The van der Waals surface area contributed by atoms with Gasteiger partial charge < -0.3 is 24.5 Å². The van der Waals surface area contributed by atoms with E-state index >= 15 is 0 Å². The van der Waals surface area contributed by atoms with Crippen LogP contribution >= 0.6 is 12.2 Å².